The molecule has 1 atom stereocenters. The van der Waals surface area contributed by atoms with Crippen molar-refractivity contribution in [2.24, 2.45) is 5.73 Å². The lowest BCUT2D eigenvalue weighted by atomic mass is 10.1. The summed E-state index contributed by atoms with van der Waals surface area (Å²) in [5.74, 6) is 0.787. The average molecular weight is 234 g/mol. The smallest absolute Gasteiger partial charge is 0.119 e. The van der Waals surface area contributed by atoms with Crippen molar-refractivity contribution in [1.82, 2.24) is 0 Å². The first-order chi connectivity index (χ1) is 6.63. The number of nitrogens with two attached hydrogens (primary N) is 1. The van der Waals surface area contributed by atoms with Gasteiger partial charge in [-0.05, 0) is 31.5 Å². The fourth-order valence-electron chi connectivity index (χ4n) is 1.15. The maximum absolute atomic E-state index is 12.2. The van der Waals surface area contributed by atoms with Gasteiger partial charge in [-0.1, -0.05) is 12.1 Å². The SMILES string of the molecule is CC(C)Oc1ccc([C@H](N)CF)cc1.Cl. The molecule has 0 saturated heterocycles. The van der Waals surface area contributed by atoms with E-state index >= 15 is 0 Å². The molecule has 0 radical (unpaired) electrons. The van der Waals surface area contributed by atoms with E-state index < -0.39 is 12.7 Å². The molecule has 0 bridgehead atoms. The second kappa shape index (κ2) is 6.64. The molecule has 2 nitrogen and oxygen atoms in total. The molecule has 0 unspecified atom stereocenters. The Hall–Kier alpha value is -0.800. The van der Waals surface area contributed by atoms with Gasteiger partial charge in [-0.3, -0.25) is 0 Å². The molecule has 0 aliphatic heterocycles. The van der Waals surface area contributed by atoms with E-state index in [2.05, 4.69) is 0 Å². The molecule has 15 heavy (non-hydrogen) atoms. The van der Waals surface area contributed by atoms with Crippen LogP contribution in [0.5, 0.6) is 5.75 Å². The van der Waals surface area contributed by atoms with Gasteiger partial charge < -0.3 is 10.5 Å². The number of rotatable bonds is 4. The van der Waals surface area contributed by atoms with Crippen LogP contribution in [0.1, 0.15) is 25.5 Å². The third-order valence-electron chi connectivity index (χ3n) is 1.85. The van der Waals surface area contributed by atoms with Crippen LogP contribution in [-0.2, 0) is 0 Å². The molecule has 1 aromatic rings. The van der Waals surface area contributed by atoms with E-state index in [-0.39, 0.29) is 18.5 Å². The van der Waals surface area contributed by atoms with Crippen molar-refractivity contribution < 1.29 is 9.13 Å². The Morgan fingerprint density at radius 3 is 2.20 bits per heavy atom. The normalized spacial score (nSPS) is 12.1. The molecule has 0 heterocycles. The molecule has 0 fully saturated rings. The number of alkyl halides is 1. The molecule has 0 aliphatic carbocycles. The zero-order valence-electron chi connectivity index (χ0n) is 8.94. The highest BCUT2D eigenvalue weighted by Crippen LogP contribution is 2.17. The largest absolute Gasteiger partial charge is 0.491 e. The number of benzene rings is 1. The molecule has 2 N–H and O–H groups in total. The van der Waals surface area contributed by atoms with E-state index in [1.54, 1.807) is 12.1 Å². The maximum atomic E-state index is 12.2. The molecular weight excluding hydrogens is 217 g/mol. The number of hydrogen-bond acceptors (Lipinski definition) is 2. The van der Waals surface area contributed by atoms with Gasteiger partial charge in [0.05, 0.1) is 12.1 Å². The fourth-order valence-corrected chi connectivity index (χ4v) is 1.15. The van der Waals surface area contributed by atoms with E-state index in [0.717, 1.165) is 11.3 Å². The van der Waals surface area contributed by atoms with Gasteiger partial charge in [0.2, 0.25) is 0 Å². The summed E-state index contributed by atoms with van der Waals surface area (Å²) in [6.45, 7) is 3.38. The van der Waals surface area contributed by atoms with Gasteiger partial charge in [-0.2, -0.15) is 0 Å². The molecule has 86 valence electrons. The van der Waals surface area contributed by atoms with E-state index in [9.17, 15) is 4.39 Å². The number of halogens is 2. The third kappa shape index (κ3) is 4.49. The predicted octanol–water partition coefficient (Wildman–Crippen LogP) is 2.86. The van der Waals surface area contributed by atoms with E-state index in [0.29, 0.717) is 0 Å². The highest BCUT2D eigenvalue weighted by Gasteiger charge is 2.05. The summed E-state index contributed by atoms with van der Waals surface area (Å²) in [6.07, 6.45) is 0.149. The number of hydrogen-bond donors (Lipinski definition) is 1. The zero-order valence-corrected chi connectivity index (χ0v) is 9.76. The molecule has 1 aromatic carbocycles. The van der Waals surface area contributed by atoms with Gasteiger partial charge in [-0.15, -0.1) is 12.4 Å². The summed E-state index contributed by atoms with van der Waals surface area (Å²) in [4.78, 5) is 0. The van der Waals surface area contributed by atoms with Gasteiger partial charge in [0, 0.05) is 0 Å². The van der Waals surface area contributed by atoms with E-state index in [1.165, 1.54) is 0 Å². The van der Waals surface area contributed by atoms with Crippen molar-refractivity contribution in [1.29, 1.82) is 0 Å². The predicted molar refractivity (Wildman–Crippen MR) is 62.4 cm³/mol. The third-order valence-corrected chi connectivity index (χ3v) is 1.85. The molecular formula is C11H17ClFNO. The van der Waals surface area contributed by atoms with Gasteiger partial charge >= 0.3 is 0 Å². The molecule has 0 spiro atoms. The van der Waals surface area contributed by atoms with Gasteiger partial charge in [0.15, 0.2) is 0 Å². The van der Waals surface area contributed by atoms with Crippen molar-refractivity contribution in [2.45, 2.75) is 26.0 Å². The first-order valence-electron chi connectivity index (χ1n) is 4.71. The lowest BCUT2D eigenvalue weighted by Gasteiger charge is -2.11. The molecule has 0 aromatic heterocycles. The Morgan fingerprint density at radius 1 is 1.27 bits per heavy atom. The molecule has 4 heteroatoms. The van der Waals surface area contributed by atoms with Crippen LogP contribution < -0.4 is 10.5 Å². The van der Waals surface area contributed by atoms with Crippen LogP contribution in [0, 0.1) is 0 Å². The summed E-state index contributed by atoms with van der Waals surface area (Å²) >= 11 is 0. The summed E-state index contributed by atoms with van der Waals surface area (Å²) < 4.78 is 17.7. The van der Waals surface area contributed by atoms with Gasteiger partial charge in [0.1, 0.15) is 12.4 Å². The lowest BCUT2D eigenvalue weighted by Crippen LogP contribution is -2.12. The number of ether oxygens (including phenoxy) is 1. The van der Waals surface area contributed by atoms with Crippen molar-refractivity contribution >= 4 is 12.4 Å². The molecule has 0 saturated carbocycles. The first-order valence-corrected chi connectivity index (χ1v) is 4.71. The fraction of sp³-hybridized carbons (Fsp3) is 0.455. The molecule has 1 rings (SSSR count). The first kappa shape index (κ1) is 14.2. The monoisotopic (exact) mass is 233 g/mol. The Labute approximate surface area is 96.0 Å². The lowest BCUT2D eigenvalue weighted by molar-refractivity contribution is 0.242. The summed E-state index contributed by atoms with van der Waals surface area (Å²) in [7, 11) is 0. The Balaban J connectivity index is 0.00000196. The Morgan fingerprint density at radius 2 is 1.80 bits per heavy atom. The van der Waals surface area contributed by atoms with Crippen LogP contribution in [0.4, 0.5) is 4.39 Å². The minimum absolute atomic E-state index is 0. The topological polar surface area (TPSA) is 35.2 Å². The van der Waals surface area contributed by atoms with Crippen LogP contribution in [-0.4, -0.2) is 12.8 Å². The van der Waals surface area contributed by atoms with Crippen LogP contribution >= 0.6 is 12.4 Å². The zero-order chi connectivity index (χ0) is 10.6. The second-order valence-electron chi connectivity index (χ2n) is 3.50. The Kier molecular flexibility index (Phi) is 6.29. The molecule has 0 aliphatic rings. The van der Waals surface area contributed by atoms with E-state index in [1.807, 2.05) is 26.0 Å². The van der Waals surface area contributed by atoms with Crippen molar-refractivity contribution in [3.05, 3.63) is 29.8 Å². The van der Waals surface area contributed by atoms with Crippen molar-refractivity contribution in [2.75, 3.05) is 6.67 Å². The highest BCUT2D eigenvalue weighted by molar-refractivity contribution is 5.85. The minimum atomic E-state index is -0.537. The minimum Gasteiger partial charge on any atom is -0.491 e. The van der Waals surface area contributed by atoms with Crippen LogP contribution in [0.3, 0.4) is 0 Å². The van der Waals surface area contributed by atoms with Gasteiger partial charge in [-0.25, -0.2) is 4.39 Å². The Bertz CT molecular complexity index is 276. The van der Waals surface area contributed by atoms with Crippen LogP contribution in [0.25, 0.3) is 0 Å². The van der Waals surface area contributed by atoms with Crippen LogP contribution in [0.15, 0.2) is 24.3 Å². The average Bonchev–Trinajstić information content (AvgIpc) is 2.17. The summed E-state index contributed by atoms with van der Waals surface area (Å²) in [5, 5.41) is 0. The van der Waals surface area contributed by atoms with Crippen molar-refractivity contribution in [3.8, 4) is 5.75 Å². The molecule has 0 amide bonds. The van der Waals surface area contributed by atoms with Crippen LogP contribution in [0.2, 0.25) is 0 Å². The summed E-state index contributed by atoms with van der Waals surface area (Å²) in [5.41, 5.74) is 6.32. The standard InChI is InChI=1S/C11H16FNO.ClH/c1-8(2)14-10-5-3-9(4-6-10)11(13)7-12;/h3-6,8,11H,7,13H2,1-2H3;1H/t11-;/m1./s1. The second-order valence-corrected chi connectivity index (χ2v) is 3.50. The van der Waals surface area contributed by atoms with Gasteiger partial charge in [0.25, 0.3) is 0 Å². The highest BCUT2D eigenvalue weighted by atomic mass is 35.5. The quantitative estimate of drug-likeness (QED) is 0.868. The maximum Gasteiger partial charge on any atom is 0.119 e. The van der Waals surface area contributed by atoms with Crippen molar-refractivity contribution in [3.63, 3.8) is 0 Å². The summed E-state index contributed by atoms with van der Waals surface area (Å²) in [6, 6.07) is 6.68. The van der Waals surface area contributed by atoms with E-state index in [4.69, 9.17) is 10.5 Å².